The smallest absolute Gasteiger partial charge is 0.341 e. The van der Waals surface area contributed by atoms with Crippen LogP contribution in [0.5, 0.6) is 0 Å². The van der Waals surface area contributed by atoms with Crippen LogP contribution >= 0.6 is 0 Å². The van der Waals surface area contributed by atoms with Crippen LogP contribution in [-0.4, -0.2) is 10.9 Å². The van der Waals surface area contributed by atoms with E-state index in [4.69, 9.17) is 4.74 Å². The fourth-order valence-electron chi connectivity index (χ4n) is 1.58. The molecule has 0 bridgehead atoms. The lowest BCUT2D eigenvalue weighted by Gasteiger charge is -2.05. The summed E-state index contributed by atoms with van der Waals surface area (Å²) in [4.78, 5) is 21.4. The summed E-state index contributed by atoms with van der Waals surface area (Å²) < 4.78 is 18.5. The molecule has 0 amide bonds. The Morgan fingerprint density at radius 1 is 1.20 bits per heavy atom. The molecule has 6 heteroatoms. The molecular formula is C14H10FNO4. The molecule has 0 aromatic heterocycles. The number of carbonyl (C=O) groups excluding carboxylic acids is 1. The largest absolute Gasteiger partial charge is 0.457 e. The first kappa shape index (κ1) is 13.7. The Balaban J connectivity index is 2.08. The van der Waals surface area contributed by atoms with E-state index in [0.29, 0.717) is 6.07 Å². The lowest BCUT2D eigenvalue weighted by molar-refractivity contribution is -0.385. The van der Waals surface area contributed by atoms with Crippen molar-refractivity contribution >= 4 is 11.7 Å². The van der Waals surface area contributed by atoms with Gasteiger partial charge in [0.05, 0.1) is 16.6 Å². The highest BCUT2D eigenvalue weighted by Gasteiger charge is 2.17. The number of nitro groups is 1. The topological polar surface area (TPSA) is 69.4 Å². The lowest BCUT2D eigenvalue weighted by Crippen LogP contribution is -2.08. The molecular weight excluding hydrogens is 265 g/mol. The van der Waals surface area contributed by atoms with Crippen molar-refractivity contribution in [2.24, 2.45) is 0 Å². The van der Waals surface area contributed by atoms with Gasteiger partial charge in [-0.05, 0) is 11.6 Å². The Kier molecular flexibility index (Phi) is 4.05. The van der Waals surface area contributed by atoms with Gasteiger partial charge in [0, 0.05) is 6.07 Å². The number of non-ortho nitro benzene ring substituents is 1. The molecule has 0 unspecified atom stereocenters. The van der Waals surface area contributed by atoms with Crippen molar-refractivity contribution in [3.8, 4) is 0 Å². The summed E-state index contributed by atoms with van der Waals surface area (Å²) in [7, 11) is 0. The first-order valence-electron chi connectivity index (χ1n) is 5.73. The number of nitrogens with zero attached hydrogens (tertiary/aromatic N) is 1. The number of halogens is 1. The fraction of sp³-hybridized carbons (Fsp3) is 0.0714. The summed E-state index contributed by atoms with van der Waals surface area (Å²) in [6, 6.07) is 11.7. The van der Waals surface area contributed by atoms with Crippen molar-refractivity contribution in [1.82, 2.24) is 0 Å². The maximum Gasteiger partial charge on any atom is 0.341 e. The SMILES string of the molecule is O=C(OCc1ccccc1)c1ccc([N+](=O)[O-])cc1F. The van der Waals surface area contributed by atoms with Crippen LogP contribution in [0.2, 0.25) is 0 Å². The Bertz CT molecular complexity index is 643. The van der Waals surface area contributed by atoms with Gasteiger partial charge in [0.15, 0.2) is 0 Å². The van der Waals surface area contributed by atoms with E-state index in [1.54, 1.807) is 24.3 Å². The summed E-state index contributed by atoms with van der Waals surface area (Å²) >= 11 is 0. The number of carbonyl (C=O) groups is 1. The number of ether oxygens (including phenoxy) is 1. The number of esters is 1. The van der Waals surface area contributed by atoms with Gasteiger partial charge in [-0.3, -0.25) is 10.1 Å². The Morgan fingerprint density at radius 3 is 2.50 bits per heavy atom. The lowest BCUT2D eigenvalue weighted by atomic mass is 10.2. The molecule has 0 aliphatic rings. The zero-order valence-electron chi connectivity index (χ0n) is 10.3. The minimum absolute atomic E-state index is 0.0100. The second-order valence-corrected chi connectivity index (χ2v) is 3.98. The second kappa shape index (κ2) is 5.92. The van der Waals surface area contributed by atoms with Gasteiger partial charge >= 0.3 is 5.97 Å². The predicted molar refractivity (Wildman–Crippen MR) is 68.6 cm³/mol. The zero-order chi connectivity index (χ0) is 14.5. The molecule has 2 rings (SSSR count). The number of nitro benzene ring substituents is 1. The second-order valence-electron chi connectivity index (χ2n) is 3.98. The van der Waals surface area contributed by atoms with E-state index in [1.807, 2.05) is 6.07 Å². The molecule has 0 aliphatic carbocycles. The minimum atomic E-state index is -0.975. The van der Waals surface area contributed by atoms with Crippen molar-refractivity contribution in [3.05, 3.63) is 75.6 Å². The van der Waals surface area contributed by atoms with Crippen LogP contribution in [0.25, 0.3) is 0 Å². The summed E-state index contributed by atoms with van der Waals surface area (Å²) in [5.74, 6) is -1.83. The number of benzene rings is 2. The Morgan fingerprint density at radius 2 is 1.90 bits per heavy atom. The van der Waals surface area contributed by atoms with E-state index in [-0.39, 0.29) is 12.2 Å². The van der Waals surface area contributed by atoms with Crippen LogP contribution in [-0.2, 0) is 11.3 Å². The minimum Gasteiger partial charge on any atom is -0.457 e. The van der Waals surface area contributed by atoms with Gasteiger partial charge in [0.2, 0.25) is 0 Å². The highest BCUT2D eigenvalue weighted by molar-refractivity contribution is 5.90. The number of hydrogen-bond acceptors (Lipinski definition) is 4. The van der Waals surface area contributed by atoms with Crippen LogP contribution in [0.1, 0.15) is 15.9 Å². The van der Waals surface area contributed by atoms with Crippen LogP contribution in [0.15, 0.2) is 48.5 Å². The summed E-state index contributed by atoms with van der Waals surface area (Å²) in [6.07, 6.45) is 0. The van der Waals surface area contributed by atoms with E-state index in [2.05, 4.69) is 0 Å². The molecule has 102 valence electrons. The number of rotatable bonds is 4. The summed E-state index contributed by atoms with van der Waals surface area (Å²) in [5.41, 5.74) is 0.0248. The van der Waals surface area contributed by atoms with Crippen molar-refractivity contribution < 1.29 is 18.8 Å². The Labute approximate surface area is 113 Å². The standard InChI is InChI=1S/C14H10FNO4/c15-13-8-11(16(18)19)6-7-12(13)14(17)20-9-10-4-2-1-3-5-10/h1-8H,9H2. The van der Waals surface area contributed by atoms with Gasteiger partial charge in [-0.2, -0.15) is 0 Å². The molecule has 0 atom stereocenters. The molecule has 0 fully saturated rings. The molecule has 0 spiro atoms. The van der Waals surface area contributed by atoms with Crippen molar-refractivity contribution in [2.75, 3.05) is 0 Å². The van der Waals surface area contributed by atoms with E-state index in [1.165, 1.54) is 0 Å². The van der Waals surface area contributed by atoms with Crippen LogP contribution in [0.4, 0.5) is 10.1 Å². The van der Waals surface area contributed by atoms with Crippen molar-refractivity contribution in [2.45, 2.75) is 6.61 Å². The molecule has 0 heterocycles. The quantitative estimate of drug-likeness (QED) is 0.488. The zero-order valence-corrected chi connectivity index (χ0v) is 10.3. The molecule has 2 aromatic rings. The molecule has 0 aliphatic heterocycles. The van der Waals surface area contributed by atoms with Crippen LogP contribution in [0, 0.1) is 15.9 Å². The van der Waals surface area contributed by atoms with Gasteiger partial charge in [-0.25, -0.2) is 9.18 Å². The predicted octanol–water partition coefficient (Wildman–Crippen LogP) is 3.09. The third-order valence-electron chi connectivity index (χ3n) is 2.60. The third-order valence-corrected chi connectivity index (χ3v) is 2.60. The van der Waals surface area contributed by atoms with Gasteiger partial charge < -0.3 is 4.74 Å². The molecule has 0 N–H and O–H groups in total. The van der Waals surface area contributed by atoms with E-state index in [0.717, 1.165) is 17.7 Å². The Hall–Kier alpha value is -2.76. The third kappa shape index (κ3) is 3.17. The average molecular weight is 275 g/mol. The average Bonchev–Trinajstić information content (AvgIpc) is 2.45. The molecule has 5 nitrogen and oxygen atoms in total. The molecule has 0 radical (unpaired) electrons. The monoisotopic (exact) mass is 275 g/mol. The van der Waals surface area contributed by atoms with Crippen molar-refractivity contribution in [3.63, 3.8) is 0 Å². The van der Waals surface area contributed by atoms with E-state index in [9.17, 15) is 19.3 Å². The highest BCUT2D eigenvalue weighted by atomic mass is 19.1. The maximum atomic E-state index is 13.6. The fourth-order valence-corrected chi connectivity index (χ4v) is 1.58. The summed E-state index contributed by atoms with van der Waals surface area (Å²) in [6.45, 7) is 0.0100. The molecule has 0 saturated carbocycles. The molecule has 0 saturated heterocycles. The molecule has 20 heavy (non-hydrogen) atoms. The summed E-state index contributed by atoms with van der Waals surface area (Å²) in [5, 5.41) is 10.5. The van der Waals surface area contributed by atoms with Crippen LogP contribution in [0.3, 0.4) is 0 Å². The normalized spacial score (nSPS) is 10.1. The first-order chi connectivity index (χ1) is 9.58. The van der Waals surface area contributed by atoms with Crippen molar-refractivity contribution in [1.29, 1.82) is 0 Å². The number of hydrogen-bond donors (Lipinski definition) is 0. The van der Waals surface area contributed by atoms with Gasteiger partial charge in [-0.1, -0.05) is 30.3 Å². The molecule has 2 aromatic carbocycles. The van der Waals surface area contributed by atoms with E-state index >= 15 is 0 Å². The highest BCUT2D eigenvalue weighted by Crippen LogP contribution is 2.17. The van der Waals surface area contributed by atoms with Gasteiger partial charge in [-0.15, -0.1) is 0 Å². The first-order valence-corrected chi connectivity index (χ1v) is 5.73. The van der Waals surface area contributed by atoms with E-state index < -0.39 is 22.4 Å². The van der Waals surface area contributed by atoms with Gasteiger partial charge in [0.1, 0.15) is 12.4 Å². The van der Waals surface area contributed by atoms with Crippen LogP contribution < -0.4 is 0 Å². The van der Waals surface area contributed by atoms with Gasteiger partial charge in [0.25, 0.3) is 5.69 Å². The maximum absolute atomic E-state index is 13.6.